The number of nitrogens with zero attached hydrogens (tertiary/aromatic N) is 2. The maximum atomic E-state index is 11.7. The van der Waals surface area contributed by atoms with Gasteiger partial charge in [0, 0.05) is 6.20 Å². The van der Waals surface area contributed by atoms with Crippen molar-refractivity contribution in [2.24, 2.45) is 0 Å². The van der Waals surface area contributed by atoms with E-state index in [4.69, 9.17) is 9.47 Å². The lowest BCUT2D eigenvalue weighted by Crippen LogP contribution is -2.14. The number of carbonyl (C=O) groups is 2. The highest BCUT2D eigenvalue weighted by atomic mass is 16.5. The Hall–Kier alpha value is -2.63. The molecule has 0 bridgehead atoms. The van der Waals surface area contributed by atoms with E-state index in [9.17, 15) is 9.59 Å². The number of benzene rings is 1. The monoisotopic (exact) mass is 288 g/mol. The molecule has 0 aliphatic heterocycles. The van der Waals surface area contributed by atoms with Crippen molar-refractivity contribution in [2.45, 2.75) is 20.1 Å². The molecule has 2 aromatic rings. The van der Waals surface area contributed by atoms with Crippen LogP contribution in [0.4, 0.5) is 0 Å². The van der Waals surface area contributed by atoms with E-state index < -0.39 is 11.9 Å². The fourth-order valence-electron chi connectivity index (χ4n) is 1.69. The van der Waals surface area contributed by atoms with Crippen LogP contribution in [-0.4, -0.2) is 28.3 Å². The number of carbonyl (C=O) groups excluding carboxylic acids is 2. The Labute approximate surface area is 122 Å². The highest BCUT2D eigenvalue weighted by Crippen LogP contribution is 2.03. The van der Waals surface area contributed by atoms with Crippen molar-refractivity contribution < 1.29 is 19.1 Å². The molecule has 6 nitrogen and oxygen atoms in total. The van der Waals surface area contributed by atoms with Crippen molar-refractivity contribution >= 4 is 11.9 Å². The zero-order valence-corrected chi connectivity index (χ0v) is 11.7. The largest absolute Gasteiger partial charge is 0.462 e. The smallest absolute Gasteiger partial charge is 0.341 e. The molecule has 0 saturated carbocycles. The van der Waals surface area contributed by atoms with Crippen LogP contribution in [0.5, 0.6) is 0 Å². The Morgan fingerprint density at radius 1 is 1.19 bits per heavy atom. The molecule has 0 amide bonds. The summed E-state index contributed by atoms with van der Waals surface area (Å²) in [5.74, 6) is -0.876. The lowest BCUT2D eigenvalue weighted by Gasteiger charge is -2.04. The van der Waals surface area contributed by atoms with Crippen molar-refractivity contribution in [3.05, 3.63) is 53.9 Å². The lowest BCUT2D eigenvalue weighted by molar-refractivity contribution is -0.145. The van der Waals surface area contributed by atoms with E-state index in [0.717, 1.165) is 5.56 Å². The summed E-state index contributed by atoms with van der Waals surface area (Å²) in [4.78, 5) is 23.2. The van der Waals surface area contributed by atoms with Gasteiger partial charge < -0.3 is 9.47 Å². The molecule has 0 spiro atoms. The van der Waals surface area contributed by atoms with Crippen LogP contribution >= 0.6 is 0 Å². The van der Waals surface area contributed by atoms with Crippen LogP contribution in [-0.2, 0) is 27.4 Å². The number of hydrogen-bond acceptors (Lipinski definition) is 5. The minimum atomic E-state index is -0.457. The molecule has 0 N–H and O–H groups in total. The third-order valence-corrected chi connectivity index (χ3v) is 2.68. The van der Waals surface area contributed by atoms with Crippen LogP contribution in [0, 0.1) is 0 Å². The van der Waals surface area contributed by atoms with Gasteiger partial charge in [0.15, 0.2) is 0 Å². The van der Waals surface area contributed by atoms with Gasteiger partial charge in [-0.05, 0) is 12.5 Å². The van der Waals surface area contributed by atoms with E-state index in [1.807, 2.05) is 30.3 Å². The Morgan fingerprint density at radius 3 is 2.67 bits per heavy atom. The van der Waals surface area contributed by atoms with Crippen molar-refractivity contribution in [3.63, 3.8) is 0 Å². The molecule has 0 atom stereocenters. The van der Waals surface area contributed by atoms with Gasteiger partial charge in [-0.3, -0.25) is 9.48 Å². The zero-order valence-electron chi connectivity index (χ0n) is 11.7. The number of hydrogen-bond donors (Lipinski definition) is 0. The first-order chi connectivity index (χ1) is 10.2. The molecule has 0 radical (unpaired) electrons. The normalized spacial score (nSPS) is 10.1. The SMILES string of the molecule is CCOC(=O)c1cnn(CC(=O)OCc2ccccc2)c1. The Kier molecular flexibility index (Phi) is 5.09. The molecule has 1 heterocycles. The molecular weight excluding hydrogens is 272 g/mol. The van der Waals surface area contributed by atoms with E-state index in [0.29, 0.717) is 12.2 Å². The van der Waals surface area contributed by atoms with E-state index in [1.165, 1.54) is 17.1 Å². The molecular formula is C15H16N2O4. The summed E-state index contributed by atoms with van der Waals surface area (Å²) < 4.78 is 11.3. The van der Waals surface area contributed by atoms with Crippen molar-refractivity contribution in [1.82, 2.24) is 9.78 Å². The molecule has 6 heteroatoms. The summed E-state index contributed by atoms with van der Waals surface area (Å²) in [5.41, 5.74) is 1.23. The second-order valence-corrected chi connectivity index (χ2v) is 4.29. The van der Waals surface area contributed by atoms with Gasteiger partial charge in [-0.2, -0.15) is 5.10 Å². The van der Waals surface area contributed by atoms with Crippen molar-refractivity contribution in [2.75, 3.05) is 6.61 Å². The number of aromatic nitrogens is 2. The summed E-state index contributed by atoms with van der Waals surface area (Å²) in [5, 5.41) is 3.93. The first kappa shape index (κ1) is 14.8. The van der Waals surface area contributed by atoms with E-state index in [-0.39, 0.29) is 13.2 Å². The predicted molar refractivity (Wildman–Crippen MR) is 74.4 cm³/mol. The third kappa shape index (κ3) is 4.45. The van der Waals surface area contributed by atoms with Gasteiger partial charge in [-0.25, -0.2) is 4.79 Å². The van der Waals surface area contributed by atoms with Crippen LogP contribution in [0.3, 0.4) is 0 Å². The van der Waals surface area contributed by atoms with Crippen LogP contribution in [0.15, 0.2) is 42.7 Å². The number of rotatable bonds is 6. The van der Waals surface area contributed by atoms with Crippen LogP contribution in [0.25, 0.3) is 0 Å². The van der Waals surface area contributed by atoms with Crippen LogP contribution < -0.4 is 0 Å². The minimum Gasteiger partial charge on any atom is -0.462 e. The van der Waals surface area contributed by atoms with Gasteiger partial charge in [0.25, 0.3) is 0 Å². The molecule has 1 aromatic carbocycles. The Balaban J connectivity index is 1.84. The number of ether oxygens (including phenoxy) is 2. The van der Waals surface area contributed by atoms with Gasteiger partial charge in [-0.1, -0.05) is 30.3 Å². The molecule has 21 heavy (non-hydrogen) atoms. The zero-order chi connectivity index (χ0) is 15.1. The first-order valence-corrected chi connectivity index (χ1v) is 6.58. The topological polar surface area (TPSA) is 70.4 Å². The third-order valence-electron chi connectivity index (χ3n) is 2.68. The molecule has 2 rings (SSSR count). The fourth-order valence-corrected chi connectivity index (χ4v) is 1.69. The van der Waals surface area contributed by atoms with Gasteiger partial charge in [-0.15, -0.1) is 0 Å². The average Bonchev–Trinajstić information content (AvgIpc) is 2.95. The molecule has 0 unspecified atom stereocenters. The van der Waals surface area contributed by atoms with Gasteiger partial charge >= 0.3 is 11.9 Å². The average molecular weight is 288 g/mol. The van der Waals surface area contributed by atoms with Crippen molar-refractivity contribution in [3.8, 4) is 0 Å². The Morgan fingerprint density at radius 2 is 1.95 bits per heavy atom. The predicted octanol–water partition coefficient (Wildman–Crippen LogP) is 1.80. The van der Waals surface area contributed by atoms with E-state index >= 15 is 0 Å². The van der Waals surface area contributed by atoms with Crippen LogP contribution in [0.2, 0.25) is 0 Å². The molecule has 0 aliphatic rings. The first-order valence-electron chi connectivity index (χ1n) is 6.58. The second kappa shape index (κ2) is 7.23. The summed E-state index contributed by atoms with van der Waals surface area (Å²) in [7, 11) is 0. The standard InChI is InChI=1S/C15H16N2O4/c1-2-20-15(19)13-8-16-17(9-13)10-14(18)21-11-12-6-4-3-5-7-12/h3-9H,2,10-11H2,1H3. The minimum absolute atomic E-state index is 0.0494. The molecule has 110 valence electrons. The second-order valence-electron chi connectivity index (χ2n) is 4.29. The quantitative estimate of drug-likeness (QED) is 0.758. The highest BCUT2D eigenvalue weighted by Gasteiger charge is 2.11. The van der Waals surface area contributed by atoms with Gasteiger partial charge in [0.1, 0.15) is 13.2 Å². The van der Waals surface area contributed by atoms with Gasteiger partial charge in [0.05, 0.1) is 18.4 Å². The fraction of sp³-hybridized carbons (Fsp3) is 0.267. The molecule has 1 aromatic heterocycles. The van der Waals surface area contributed by atoms with Crippen molar-refractivity contribution in [1.29, 1.82) is 0 Å². The maximum absolute atomic E-state index is 11.7. The summed E-state index contributed by atoms with van der Waals surface area (Å²) in [6, 6.07) is 9.40. The van der Waals surface area contributed by atoms with Crippen LogP contribution in [0.1, 0.15) is 22.8 Å². The lowest BCUT2D eigenvalue weighted by atomic mass is 10.2. The number of esters is 2. The molecule has 0 saturated heterocycles. The summed E-state index contributed by atoms with van der Waals surface area (Å²) >= 11 is 0. The van der Waals surface area contributed by atoms with E-state index in [2.05, 4.69) is 5.10 Å². The summed E-state index contributed by atoms with van der Waals surface area (Å²) in [6.07, 6.45) is 2.82. The maximum Gasteiger partial charge on any atom is 0.341 e. The van der Waals surface area contributed by atoms with Gasteiger partial charge in [0.2, 0.25) is 0 Å². The summed E-state index contributed by atoms with van der Waals surface area (Å²) in [6.45, 7) is 2.18. The molecule has 0 aliphatic carbocycles. The highest BCUT2D eigenvalue weighted by molar-refractivity contribution is 5.88. The molecule has 0 fully saturated rings. The van der Waals surface area contributed by atoms with E-state index in [1.54, 1.807) is 6.92 Å². The Bertz CT molecular complexity index is 607.